The smallest absolute Gasteiger partial charge is 0.270 e. The van der Waals surface area contributed by atoms with Gasteiger partial charge in [0.05, 0.1) is 0 Å². The maximum Gasteiger partial charge on any atom is 0.270 e. The zero-order valence-corrected chi connectivity index (χ0v) is 15.0. The van der Waals surface area contributed by atoms with Gasteiger partial charge in [-0.3, -0.25) is 4.79 Å². The van der Waals surface area contributed by atoms with E-state index in [2.05, 4.69) is 33.6 Å². The summed E-state index contributed by atoms with van der Waals surface area (Å²) in [5.41, 5.74) is 2.77. The Kier molecular flexibility index (Phi) is 7.72. The number of hydrogen-bond donors (Lipinski definition) is 2. The van der Waals surface area contributed by atoms with Gasteiger partial charge in [-0.15, -0.1) is 0 Å². The minimum Gasteiger partial charge on any atom is -0.354 e. The molecule has 0 aliphatic heterocycles. The van der Waals surface area contributed by atoms with Gasteiger partial charge < -0.3 is 10.6 Å². The molecular formula is C19H30N4O. The second-order valence-corrected chi connectivity index (χ2v) is 6.47. The molecule has 1 aliphatic rings. The monoisotopic (exact) mass is 330 g/mol. The van der Waals surface area contributed by atoms with Gasteiger partial charge in [0.2, 0.25) is 5.95 Å². The molecule has 2 N–H and O–H groups in total. The molecule has 0 bridgehead atoms. The number of aromatic nitrogens is 2. The number of anilines is 1. The third-order valence-electron chi connectivity index (χ3n) is 4.27. The highest BCUT2D eigenvalue weighted by molar-refractivity contribution is 5.92. The lowest BCUT2D eigenvalue weighted by Gasteiger charge is -2.13. The Hall–Kier alpha value is -1.91. The summed E-state index contributed by atoms with van der Waals surface area (Å²) in [5, 5.41) is 6.19. The van der Waals surface area contributed by atoms with Crippen molar-refractivity contribution in [2.45, 2.75) is 65.2 Å². The lowest BCUT2D eigenvalue weighted by Crippen LogP contribution is -2.26. The molecule has 0 fully saturated rings. The first-order chi connectivity index (χ1) is 11.7. The van der Waals surface area contributed by atoms with Crippen molar-refractivity contribution in [3.8, 4) is 0 Å². The zero-order valence-electron chi connectivity index (χ0n) is 15.0. The van der Waals surface area contributed by atoms with Crippen LogP contribution in [-0.2, 0) is 0 Å². The molecule has 1 aliphatic carbocycles. The van der Waals surface area contributed by atoms with Crippen LogP contribution in [0.2, 0.25) is 0 Å². The average molecular weight is 330 g/mol. The molecule has 0 atom stereocenters. The molecule has 0 unspecified atom stereocenters. The highest BCUT2D eigenvalue weighted by Crippen LogP contribution is 2.19. The highest BCUT2D eigenvalue weighted by Gasteiger charge is 2.10. The first-order valence-electron chi connectivity index (χ1n) is 9.24. The van der Waals surface area contributed by atoms with Crippen molar-refractivity contribution in [1.82, 2.24) is 15.3 Å². The van der Waals surface area contributed by atoms with E-state index in [4.69, 9.17) is 0 Å². The molecule has 0 radical (unpaired) electrons. The fraction of sp³-hybridized carbons (Fsp3) is 0.632. The third-order valence-corrected chi connectivity index (χ3v) is 4.27. The molecule has 0 spiro atoms. The van der Waals surface area contributed by atoms with E-state index in [1.165, 1.54) is 31.3 Å². The number of nitrogens with one attached hydrogen (secondary N) is 2. The molecule has 1 aromatic heterocycles. The van der Waals surface area contributed by atoms with Crippen LogP contribution >= 0.6 is 0 Å². The fourth-order valence-corrected chi connectivity index (χ4v) is 2.90. The van der Waals surface area contributed by atoms with Crippen LogP contribution in [0.3, 0.4) is 0 Å². The summed E-state index contributed by atoms with van der Waals surface area (Å²) in [6.07, 6.45) is 11.7. The Morgan fingerprint density at radius 1 is 1.21 bits per heavy atom. The summed E-state index contributed by atoms with van der Waals surface area (Å²) in [7, 11) is 0. The van der Waals surface area contributed by atoms with Crippen molar-refractivity contribution < 1.29 is 4.79 Å². The molecule has 132 valence electrons. The van der Waals surface area contributed by atoms with E-state index in [0.29, 0.717) is 18.2 Å². The summed E-state index contributed by atoms with van der Waals surface area (Å²) in [6.45, 7) is 5.56. The Labute approximate surface area is 145 Å². The fourth-order valence-electron chi connectivity index (χ4n) is 2.90. The maximum atomic E-state index is 12.2. The second-order valence-electron chi connectivity index (χ2n) is 6.47. The van der Waals surface area contributed by atoms with Crippen LogP contribution in [-0.4, -0.2) is 29.0 Å². The van der Waals surface area contributed by atoms with Crippen LogP contribution in [0.5, 0.6) is 0 Å². The Morgan fingerprint density at radius 2 is 2.08 bits per heavy atom. The van der Waals surface area contributed by atoms with Crippen LogP contribution in [0.25, 0.3) is 0 Å². The van der Waals surface area contributed by atoms with Gasteiger partial charge in [-0.25, -0.2) is 9.97 Å². The van der Waals surface area contributed by atoms with Gasteiger partial charge in [0.25, 0.3) is 5.91 Å². The van der Waals surface area contributed by atoms with Crippen molar-refractivity contribution in [3.63, 3.8) is 0 Å². The summed E-state index contributed by atoms with van der Waals surface area (Å²) in [6, 6.07) is 1.74. The third kappa shape index (κ3) is 6.30. The lowest BCUT2D eigenvalue weighted by molar-refractivity contribution is 0.0948. The molecular weight excluding hydrogens is 300 g/mol. The molecule has 1 aromatic rings. The summed E-state index contributed by atoms with van der Waals surface area (Å²) >= 11 is 0. The number of aryl methyl sites for hydroxylation is 1. The standard InChI is InChI=1S/C19H30N4O/c1-3-4-8-12-20-18(24)17-14-15(2)22-19(23-17)21-13-11-16-9-6-5-7-10-16/h9,14H,3-8,10-13H2,1-2H3,(H,20,24)(H,21,22,23). The number of carbonyl (C=O) groups excluding carboxylic acids is 1. The minimum absolute atomic E-state index is 0.116. The number of unbranched alkanes of at least 4 members (excludes halogenated alkanes) is 2. The van der Waals surface area contributed by atoms with Crippen molar-refractivity contribution in [3.05, 3.63) is 29.1 Å². The second kappa shape index (κ2) is 10.1. The number of nitrogens with zero attached hydrogens (tertiary/aromatic N) is 2. The summed E-state index contributed by atoms with van der Waals surface area (Å²) in [5.74, 6) is 0.430. The zero-order chi connectivity index (χ0) is 17.2. The number of hydrogen-bond acceptors (Lipinski definition) is 4. The van der Waals surface area contributed by atoms with Crippen LogP contribution in [0, 0.1) is 6.92 Å². The molecule has 0 aromatic carbocycles. The topological polar surface area (TPSA) is 66.9 Å². The van der Waals surface area contributed by atoms with Gasteiger partial charge in [-0.05, 0) is 51.5 Å². The normalized spacial score (nSPS) is 14.2. The van der Waals surface area contributed by atoms with Gasteiger partial charge >= 0.3 is 0 Å². The summed E-state index contributed by atoms with van der Waals surface area (Å²) < 4.78 is 0. The van der Waals surface area contributed by atoms with Crippen molar-refractivity contribution in [2.75, 3.05) is 18.4 Å². The largest absolute Gasteiger partial charge is 0.354 e. The van der Waals surface area contributed by atoms with Gasteiger partial charge in [0.15, 0.2) is 0 Å². The van der Waals surface area contributed by atoms with Crippen LogP contribution in [0.1, 0.15) is 74.5 Å². The van der Waals surface area contributed by atoms with Gasteiger partial charge in [-0.2, -0.15) is 0 Å². The van der Waals surface area contributed by atoms with Gasteiger partial charge in [0.1, 0.15) is 5.69 Å². The van der Waals surface area contributed by atoms with Crippen molar-refractivity contribution >= 4 is 11.9 Å². The number of amides is 1. The molecule has 5 heteroatoms. The maximum absolute atomic E-state index is 12.2. The minimum atomic E-state index is -0.116. The molecule has 1 amide bonds. The van der Waals surface area contributed by atoms with E-state index in [9.17, 15) is 4.79 Å². The van der Waals surface area contributed by atoms with Crippen LogP contribution < -0.4 is 10.6 Å². The first kappa shape index (κ1) is 18.4. The average Bonchev–Trinajstić information content (AvgIpc) is 2.59. The Bertz CT molecular complexity index is 568. The van der Waals surface area contributed by atoms with E-state index in [0.717, 1.165) is 37.9 Å². The number of allylic oxidation sites excluding steroid dienone is 1. The number of rotatable bonds is 9. The summed E-state index contributed by atoms with van der Waals surface area (Å²) in [4.78, 5) is 20.9. The molecule has 0 saturated carbocycles. The first-order valence-corrected chi connectivity index (χ1v) is 9.24. The van der Waals surface area contributed by atoms with E-state index in [-0.39, 0.29) is 5.91 Å². The molecule has 24 heavy (non-hydrogen) atoms. The Morgan fingerprint density at radius 3 is 2.83 bits per heavy atom. The van der Waals surface area contributed by atoms with Crippen LogP contribution in [0.15, 0.2) is 17.7 Å². The van der Waals surface area contributed by atoms with E-state index in [1.807, 2.05) is 6.92 Å². The van der Waals surface area contributed by atoms with Crippen LogP contribution in [0.4, 0.5) is 5.95 Å². The van der Waals surface area contributed by atoms with E-state index in [1.54, 1.807) is 6.07 Å². The molecule has 2 rings (SSSR count). The predicted molar refractivity (Wildman–Crippen MR) is 98.3 cm³/mol. The van der Waals surface area contributed by atoms with E-state index < -0.39 is 0 Å². The number of carbonyl (C=O) groups is 1. The van der Waals surface area contributed by atoms with Gasteiger partial charge in [-0.1, -0.05) is 31.4 Å². The van der Waals surface area contributed by atoms with Gasteiger partial charge in [0, 0.05) is 18.8 Å². The molecule has 5 nitrogen and oxygen atoms in total. The molecule has 0 saturated heterocycles. The lowest BCUT2D eigenvalue weighted by atomic mass is 9.97. The van der Waals surface area contributed by atoms with Crippen molar-refractivity contribution in [1.29, 1.82) is 0 Å². The quantitative estimate of drug-likeness (QED) is 0.530. The predicted octanol–water partition coefficient (Wildman–Crippen LogP) is 4.01. The highest BCUT2D eigenvalue weighted by atomic mass is 16.1. The molecule has 1 heterocycles. The van der Waals surface area contributed by atoms with E-state index >= 15 is 0 Å². The Balaban J connectivity index is 1.85. The SMILES string of the molecule is CCCCCNC(=O)c1cc(C)nc(NCCC2=CCCCC2)n1. The van der Waals surface area contributed by atoms with Crippen molar-refractivity contribution in [2.24, 2.45) is 0 Å².